The summed E-state index contributed by atoms with van der Waals surface area (Å²) in [6.45, 7) is 5.07. The topological polar surface area (TPSA) is 49.8 Å². The van der Waals surface area contributed by atoms with Crippen molar-refractivity contribution in [1.82, 2.24) is 4.90 Å². The van der Waals surface area contributed by atoms with Gasteiger partial charge in [-0.2, -0.15) is 0 Å². The summed E-state index contributed by atoms with van der Waals surface area (Å²) in [5.41, 5.74) is -0.910. The van der Waals surface area contributed by atoms with Gasteiger partial charge in [0.25, 0.3) is 0 Å². The number of carbonyl (C=O) groups excluding carboxylic acids is 1. The van der Waals surface area contributed by atoms with E-state index in [1.807, 2.05) is 6.92 Å². The third-order valence-corrected chi connectivity index (χ3v) is 6.68. The molecule has 3 atom stereocenters. The molecule has 0 aromatic rings. The normalized spacial score (nSPS) is 44.3. The lowest BCUT2D eigenvalue weighted by Crippen LogP contribution is -2.60. The molecule has 1 saturated heterocycles. The minimum Gasteiger partial charge on any atom is -0.459 e. The molecule has 4 heteroatoms. The molecule has 3 unspecified atom stereocenters. The Balaban J connectivity index is 1.38. The van der Waals surface area contributed by atoms with Crippen molar-refractivity contribution in [2.24, 2.45) is 17.8 Å². The second-order valence-electron chi connectivity index (χ2n) is 9.05. The molecule has 0 amide bonds. The zero-order chi connectivity index (χ0) is 16.1. The Morgan fingerprint density at radius 1 is 1.17 bits per heavy atom. The molecule has 0 radical (unpaired) electrons. The minimum absolute atomic E-state index is 0.0406. The van der Waals surface area contributed by atoms with Gasteiger partial charge in [0.1, 0.15) is 5.60 Å². The van der Waals surface area contributed by atoms with Gasteiger partial charge in [-0.15, -0.1) is 0 Å². The molecule has 130 valence electrons. The van der Waals surface area contributed by atoms with E-state index in [-0.39, 0.29) is 17.5 Å². The van der Waals surface area contributed by atoms with Crippen LogP contribution in [0.1, 0.15) is 64.7 Å². The summed E-state index contributed by atoms with van der Waals surface area (Å²) >= 11 is 0. The lowest BCUT2D eigenvalue weighted by Gasteiger charge is -2.59. The number of carbonyl (C=O) groups is 1. The molecule has 23 heavy (non-hydrogen) atoms. The fourth-order valence-electron chi connectivity index (χ4n) is 6.17. The number of ether oxygens (including phenoxy) is 1. The molecule has 5 fully saturated rings. The molecule has 1 heterocycles. The summed E-state index contributed by atoms with van der Waals surface area (Å²) in [5.74, 6) is 1.02. The van der Waals surface area contributed by atoms with E-state index in [0.717, 1.165) is 45.3 Å². The second kappa shape index (κ2) is 5.73. The minimum atomic E-state index is -0.555. The van der Waals surface area contributed by atoms with Crippen molar-refractivity contribution < 1.29 is 14.6 Å². The van der Waals surface area contributed by atoms with E-state index in [9.17, 15) is 9.90 Å². The molecule has 1 aliphatic heterocycles. The lowest BCUT2D eigenvalue weighted by atomic mass is 9.52. The van der Waals surface area contributed by atoms with E-state index >= 15 is 0 Å². The van der Waals surface area contributed by atoms with Gasteiger partial charge in [-0.25, -0.2) is 0 Å². The standard InChI is InChI=1S/C19H31NO3/c1-14(12-20-5-3-2-4-6-20)17(21)23-19-10-15-7-16(11-19)9-18(22,8-15)13-19/h14-16,22H,2-13H2,1H3. The van der Waals surface area contributed by atoms with Crippen LogP contribution in [0.15, 0.2) is 0 Å². The van der Waals surface area contributed by atoms with Gasteiger partial charge in [-0.05, 0) is 69.9 Å². The predicted molar refractivity (Wildman–Crippen MR) is 87.9 cm³/mol. The van der Waals surface area contributed by atoms with Gasteiger partial charge in [0.15, 0.2) is 0 Å². The number of rotatable bonds is 4. The molecule has 4 nitrogen and oxygen atoms in total. The van der Waals surface area contributed by atoms with Crippen LogP contribution in [0, 0.1) is 17.8 Å². The van der Waals surface area contributed by atoms with Crippen molar-refractivity contribution in [3.05, 3.63) is 0 Å². The van der Waals surface area contributed by atoms with Crippen molar-refractivity contribution in [3.8, 4) is 0 Å². The molecule has 0 aromatic carbocycles. The first-order chi connectivity index (χ1) is 11.0. The largest absolute Gasteiger partial charge is 0.459 e. The number of hydrogen-bond acceptors (Lipinski definition) is 4. The summed E-state index contributed by atoms with van der Waals surface area (Å²) in [6, 6.07) is 0. The number of likely N-dealkylation sites (tertiary alicyclic amines) is 1. The molecular formula is C19H31NO3. The molecule has 4 bridgehead atoms. The molecule has 5 rings (SSSR count). The molecule has 4 aliphatic carbocycles. The Bertz CT molecular complexity index is 457. The lowest BCUT2D eigenvalue weighted by molar-refractivity contribution is -0.222. The zero-order valence-corrected chi connectivity index (χ0v) is 14.4. The Morgan fingerprint density at radius 3 is 2.43 bits per heavy atom. The SMILES string of the molecule is CC(CN1CCCCC1)C(=O)OC12CC3CC(CC(O)(C3)C1)C2. The first-order valence-corrected chi connectivity index (χ1v) is 9.63. The average Bonchev–Trinajstić information content (AvgIpc) is 2.45. The first kappa shape index (κ1) is 15.9. The van der Waals surface area contributed by atoms with E-state index in [1.54, 1.807) is 0 Å². The van der Waals surface area contributed by atoms with Crippen LogP contribution in [-0.2, 0) is 9.53 Å². The van der Waals surface area contributed by atoms with Crippen LogP contribution in [0.3, 0.4) is 0 Å². The van der Waals surface area contributed by atoms with Crippen LogP contribution in [0.5, 0.6) is 0 Å². The monoisotopic (exact) mass is 321 g/mol. The van der Waals surface area contributed by atoms with E-state index in [0.29, 0.717) is 18.3 Å². The molecule has 4 saturated carbocycles. The highest BCUT2D eigenvalue weighted by atomic mass is 16.6. The Morgan fingerprint density at radius 2 is 1.83 bits per heavy atom. The van der Waals surface area contributed by atoms with Gasteiger partial charge in [0.2, 0.25) is 0 Å². The fourth-order valence-corrected chi connectivity index (χ4v) is 6.17. The van der Waals surface area contributed by atoms with Crippen LogP contribution in [0.4, 0.5) is 0 Å². The third kappa shape index (κ3) is 3.17. The Hall–Kier alpha value is -0.610. The Kier molecular flexibility index (Phi) is 3.96. The van der Waals surface area contributed by atoms with Crippen LogP contribution < -0.4 is 0 Å². The van der Waals surface area contributed by atoms with Crippen LogP contribution in [0.25, 0.3) is 0 Å². The van der Waals surface area contributed by atoms with E-state index in [4.69, 9.17) is 4.74 Å². The van der Waals surface area contributed by atoms with Gasteiger partial charge < -0.3 is 14.7 Å². The number of piperidine rings is 1. The highest BCUT2D eigenvalue weighted by Gasteiger charge is 2.59. The third-order valence-electron chi connectivity index (χ3n) is 6.68. The smallest absolute Gasteiger partial charge is 0.310 e. The number of hydrogen-bond donors (Lipinski definition) is 1. The van der Waals surface area contributed by atoms with Gasteiger partial charge in [-0.1, -0.05) is 13.3 Å². The van der Waals surface area contributed by atoms with Crippen molar-refractivity contribution in [3.63, 3.8) is 0 Å². The summed E-state index contributed by atoms with van der Waals surface area (Å²) in [6.07, 6.45) is 9.53. The summed E-state index contributed by atoms with van der Waals surface area (Å²) in [7, 11) is 0. The summed E-state index contributed by atoms with van der Waals surface area (Å²) in [4.78, 5) is 15.1. The maximum atomic E-state index is 12.7. The van der Waals surface area contributed by atoms with Crippen molar-refractivity contribution in [2.75, 3.05) is 19.6 Å². The van der Waals surface area contributed by atoms with Crippen molar-refractivity contribution in [2.45, 2.75) is 75.9 Å². The van der Waals surface area contributed by atoms with Crippen LogP contribution in [-0.4, -0.2) is 46.8 Å². The van der Waals surface area contributed by atoms with Gasteiger partial charge >= 0.3 is 5.97 Å². The Labute approximate surface area is 139 Å². The zero-order valence-electron chi connectivity index (χ0n) is 14.4. The molecule has 0 spiro atoms. The molecule has 5 aliphatic rings. The summed E-state index contributed by atoms with van der Waals surface area (Å²) in [5, 5.41) is 10.8. The maximum Gasteiger partial charge on any atom is 0.310 e. The molecular weight excluding hydrogens is 290 g/mol. The highest BCUT2D eigenvalue weighted by molar-refractivity contribution is 5.73. The van der Waals surface area contributed by atoms with Crippen LogP contribution in [0.2, 0.25) is 0 Å². The number of esters is 1. The predicted octanol–water partition coefficient (Wildman–Crippen LogP) is 2.74. The second-order valence-corrected chi connectivity index (χ2v) is 9.05. The van der Waals surface area contributed by atoms with Gasteiger partial charge in [-0.3, -0.25) is 4.79 Å². The van der Waals surface area contributed by atoms with Gasteiger partial charge in [0.05, 0.1) is 11.5 Å². The molecule has 1 N–H and O–H groups in total. The fraction of sp³-hybridized carbons (Fsp3) is 0.947. The number of nitrogens with zero attached hydrogens (tertiary/aromatic N) is 1. The number of aliphatic hydroxyl groups is 1. The average molecular weight is 321 g/mol. The molecule has 0 aromatic heterocycles. The quantitative estimate of drug-likeness (QED) is 0.809. The highest BCUT2D eigenvalue weighted by Crippen LogP contribution is 2.58. The first-order valence-electron chi connectivity index (χ1n) is 9.63. The van der Waals surface area contributed by atoms with E-state index < -0.39 is 5.60 Å². The maximum absolute atomic E-state index is 12.7. The van der Waals surface area contributed by atoms with Crippen molar-refractivity contribution in [1.29, 1.82) is 0 Å². The van der Waals surface area contributed by atoms with Crippen molar-refractivity contribution >= 4 is 5.97 Å². The van der Waals surface area contributed by atoms with E-state index in [1.165, 1.54) is 25.7 Å². The van der Waals surface area contributed by atoms with Gasteiger partial charge in [0, 0.05) is 13.0 Å². The summed E-state index contributed by atoms with van der Waals surface area (Å²) < 4.78 is 6.09. The van der Waals surface area contributed by atoms with E-state index in [2.05, 4.69) is 4.90 Å². The van der Waals surface area contributed by atoms with Crippen LogP contribution >= 0.6 is 0 Å².